The number of rotatable bonds is 7. The average Bonchev–Trinajstić information content (AvgIpc) is 3.02. The first-order valence-corrected chi connectivity index (χ1v) is 16.5. The molecule has 242 valence electrons. The molecule has 2 amide bonds. The Labute approximate surface area is 273 Å². The summed E-state index contributed by atoms with van der Waals surface area (Å²) in [5.41, 5.74) is 2.19. The molecule has 0 unspecified atom stereocenters. The van der Waals surface area contributed by atoms with Gasteiger partial charge < -0.3 is 29.7 Å². The van der Waals surface area contributed by atoms with Gasteiger partial charge in [0.15, 0.2) is 11.5 Å². The molecule has 2 bridgehead atoms. The number of ether oxygens (including phenoxy) is 3. The fraction of sp³-hybridized carbons (Fsp3) is 0.515. The van der Waals surface area contributed by atoms with Crippen LogP contribution in [0, 0.1) is 5.92 Å². The molecular weight excluding hydrogens is 640 g/mol. The molecule has 45 heavy (non-hydrogen) atoms. The van der Waals surface area contributed by atoms with Crippen molar-refractivity contribution >= 4 is 50.2 Å². The smallest absolute Gasteiger partial charge is 0.245 e. The summed E-state index contributed by atoms with van der Waals surface area (Å²) in [5.74, 6) is 1.67. The first kappa shape index (κ1) is 32.9. The molecule has 2 N–H and O–H groups in total. The van der Waals surface area contributed by atoms with E-state index in [2.05, 4.69) is 55.3 Å². The van der Waals surface area contributed by atoms with Crippen LogP contribution in [0.25, 0.3) is 10.9 Å². The summed E-state index contributed by atoms with van der Waals surface area (Å²) in [6.45, 7) is 9.80. The van der Waals surface area contributed by atoms with Gasteiger partial charge in [-0.05, 0) is 48.9 Å². The average molecular weight is 684 g/mol. The lowest BCUT2D eigenvalue weighted by molar-refractivity contribution is -0.137. The molecule has 0 spiro atoms. The van der Waals surface area contributed by atoms with E-state index in [1.165, 1.54) is 6.33 Å². The van der Waals surface area contributed by atoms with Gasteiger partial charge in [-0.15, -0.1) is 0 Å². The topological polar surface area (TPSA) is 118 Å². The van der Waals surface area contributed by atoms with Crippen LogP contribution in [0.3, 0.4) is 0 Å². The number of carbonyl (C=O) groups excluding carboxylic acids is 2. The second-order valence-corrected chi connectivity index (χ2v) is 12.8. The third-order valence-corrected chi connectivity index (χ3v) is 8.58. The Morgan fingerprint density at radius 1 is 1.07 bits per heavy atom. The summed E-state index contributed by atoms with van der Waals surface area (Å²) < 4.78 is 18.2. The van der Waals surface area contributed by atoms with Crippen LogP contribution in [0.1, 0.15) is 38.7 Å². The van der Waals surface area contributed by atoms with Crippen LogP contribution in [0.15, 0.2) is 41.1 Å². The van der Waals surface area contributed by atoms with Crippen molar-refractivity contribution in [3.05, 3.63) is 46.7 Å². The van der Waals surface area contributed by atoms with Crippen molar-refractivity contribution in [1.82, 2.24) is 25.1 Å². The second-order valence-electron chi connectivity index (χ2n) is 11.9. The Balaban J connectivity index is 1.46. The zero-order chi connectivity index (χ0) is 31.8. The summed E-state index contributed by atoms with van der Waals surface area (Å²) >= 11 is 3.56. The molecule has 5 rings (SSSR count). The molecule has 0 radical (unpaired) electrons. The molecule has 12 heteroatoms. The Kier molecular flexibility index (Phi) is 11.5. The number of aromatic nitrogens is 2. The molecule has 2 aliphatic heterocycles. The van der Waals surface area contributed by atoms with Gasteiger partial charge in [0.2, 0.25) is 11.8 Å². The SMILES string of the molecule is COc1cc2ncnc3c2cc1OCCCN(CCCN1CCOCC1)C(=O)[C@H](CC(C)C)NC(=O)Cc1ccc(Br)cc1N3. The maximum atomic E-state index is 14.1. The van der Waals surface area contributed by atoms with Crippen LogP contribution in [0.4, 0.5) is 11.5 Å². The first-order chi connectivity index (χ1) is 21.8. The van der Waals surface area contributed by atoms with Crippen molar-refractivity contribution in [1.29, 1.82) is 0 Å². The molecule has 1 fully saturated rings. The van der Waals surface area contributed by atoms with E-state index in [0.29, 0.717) is 55.4 Å². The molecule has 2 aromatic carbocycles. The second kappa shape index (κ2) is 15.7. The van der Waals surface area contributed by atoms with E-state index in [9.17, 15) is 9.59 Å². The fourth-order valence-electron chi connectivity index (χ4n) is 5.79. The van der Waals surface area contributed by atoms with Crippen molar-refractivity contribution in [2.45, 2.75) is 45.6 Å². The predicted octanol–water partition coefficient (Wildman–Crippen LogP) is 4.55. The van der Waals surface area contributed by atoms with Crippen LogP contribution in [0.2, 0.25) is 0 Å². The highest BCUT2D eigenvalue weighted by molar-refractivity contribution is 9.10. The van der Waals surface area contributed by atoms with E-state index < -0.39 is 6.04 Å². The van der Waals surface area contributed by atoms with Gasteiger partial charge in [0.25, 0.3) is 0 Å². The number of carbonyl (C=O) groups is 2. The maximum absolute atomic E-state index is 14.1. The maximum Gasteiger partial charge on any atom is 0.245 e. The van der Waals surface area contributed by atoms with E-state index in [0.717, 1.165) is 60.4 Å². The number of hydrogen-bond donors (Lipinski definition) is 2. The molecule has 0 aliphatic carbocycles. The zero-order valence-corrected chi connectivity index (χ0v) is 27.9. The van der Waals surface area contributed by atoms with Crippen molar-refractivity contribution in [2.75, 3.05) is 65.0 Å². The van der Waals surface area contributed by atoms with E-state index in [4.69, 9.17) is 14.2 Å². The fourth-order valence-corrected chi connectivity index (χ4v) is 6.16. The highest BCUT2D eigenvalue weighted by Crippen LogP contribution is 2.36. The molecule has 1 aromatic heterocycles. The van der Waals surface area contributed by atoms with Crippen molar-refractivity contribution in [2.24, 2.45) is 5.92 Å². The molecule has 2 aliphatic rings. The van der Waals surface area contributed by atoms with E-state index in [-0.39, 0.29) is 24.2 Å². The van der Waals surface area contributed by atoms with E-state index >= 15 is 0 Å². The number of hydrogen-bond acceptors (Lipinski definition) is 9. The van der Waals surface area contributed by atoms with E-state index in [1.807, 2.05) is 35.2 Å². The normalized spacial score (nSPS) is 18.7. The van der Waals surface area contributed by atoms with Crippen LogP contribution < -0.4 is 20.1 Å². The number of amides is 2. The summed E-state index contributed by atoms with van der Waals surface area (Å²) in [6, 6.07) is 8.80. The Hall–Kier alpha value is -3.48. The Bertz CT molecular complexity index is 1480. The van der Waals surface area contributed by atoms with Gasteiger partial charge in [0.1, 0.15) is 18.2 Å². The van der Waals surface area contributed by atoms with Gasteiger partial charge >= 0.3 is 0 Å². The van der Waals surface area contributed by atoms with E-state index in [1.54, 1.807) is 7.11 Å². The number of halogens is 1. The molecule has 3 heterocycles. The minimum Gasteiger partial charge on any atom is -0.493 e. The van der Waals surface area contributed by atoms with Crippen LogP contribution in [0.5, 0.6) is 11.5 Å². The van der Waals surface area contributed by atoms with Crippen molar-refractivity contribution in [3.63, 3.8) is 0 Å². The highest BCUT2D eigenvalue weighted by Gasteiger charge is 2.27. The summed E-state index contributed by atoms with van der Waals surface area (Å²) in [4.78, 5) is 40.9. The standard InChI is InChI=1S/C33H43BrN6O5/c1-22(2)16-28-33(42)40(9-4-8-39-11-14-44-15-12-39)10-5-13-45-30-19-25-27(20-29(30)43-3)35-21-36-32(25)38-26-18-24(34)7-6-23(26)17-31(41)37-28/h6-7,18-22,28H,4-5,8-17H2,1-3H3,(H,37,41)(H,35,36,38)/t28-/m0/s1. The Morgan fingerprint density at radius 3 is 2.67 bits per heavy atom. The predicted molar refractivity (Wildman–Crippen MR) is 177 cm³/mol. The summed E-state index contributed by atoms with van der Waals surface area (Å²) in [7, 11) is 1.60. The summed E-state index contributed by atoms with van der Waals surface area (Å²) in [6.07, 6.45) is 3.59. The molecule has 0 saturated carbocycles. The van der Waals surface area contributed by atoms with Gasteiger partial charge in [-0.3, -0.25) is 14.5 Å². The first-order valence-electron chi connectivity index (χ1n) is 15.7. The van der Waals surface area contributed by atoms with Crippen LogP contribution >= 0.6 is 15.9 Å². The van der Waals surface area contributed by atoms with Crippen molar-refractivity contribution in [3.8, 4) is 11.5 Å². The van der Waals surface area contributed by atoms with Gasteiger partial charge in [-0.2, -0.15) is 0 Å². The monoisotopic (exact) mass is 682 g/mol. The lowest BCUT2D eigenvalue weighted by atomic mass is 10.0. The molecule has 1 atom stereocenters. The van der Waals surface area contributed by atoms with Gasteiger partial charge in [-0.1, -0.05) is 35.8 Å². The third kappa shape index (κ3) is 8.83. The van der Waals surface area contributed by atoms with Gasteiger partial charge in [-0.25, -0.2) is 9.97 Å². The number of fused-ring (bicyclic) bond motifs is 2. The van der Waals surface area contributed by atoms with Gasteiger partial charge in [0.05, 0.1) is 38.9 Å². The van der Waals surface area contributed by atoms with Gasteiger partial charge in [0, 0.05) is 54.3 Å². The molecule has 3 aromatic rings. The Morgan fingerprint density at radius 2 is 1.89 bits per heavy atom. The molecular formula is C33H43BrN6O5. The number of morpholine rings is 1. The zero-order valence-electron chi connectivity index (χ0n) is 26.3. The third-order valence-electron chi connectivity index (χ3n) is 8.08. The quantitative estimate of drug-likeness (QED) is 0.370. The number of nitrogens with one attached hydrogen (secondary N) is 2. The lowest BCUT2D eigenvalue weighted by Crippen LogP contribution is -2.50. The number of anilines is 2. The number of benzene rings is 2. The molecule has 11 nitrogen and oxygen atoms in total. The number of nitrogens with zero attached hydrogens (tertiary/aromatic N) is 4. The minimum atomic E-state index is -0.624. The molecule has 1 saturated heterocycles. The van der Waals surface area contributed by atoms with Crippen molar-refractivity contribution < 1.29 is 23.8 Å². The number of methoxy groups -OCH3 is 1. The van der Waals surface area contributed by atoms with Crippen LogP contribution in [-0.4, -0.2) is 97.3 Å². The summed E-state index contributed by atoms with van der Waals surface area (Å²) in [5, 5.41) is 7.26. The largest absolute Gasteiger partial charge is 0.493 e. The highest BCUT2D eigenvalue weighted by atomic mass is 79.9. The lowest BCUT2D eigenvalue weighted by Gasteiger charge is -2.31. The van der Waals surface area contributed by atoms with Crippen LogP contribution in [-0.2, 0) is 20.7 Å². The minimum absolute atomic E-state index is 0.0563.